The molecule has 0 bridgehead atoms. The summed E-state index contributed by atoms with van der Waals surface area (Å²) in [5, 5.41) is 0. The van der Waals surface area contributed by atoms with Crippen molar-refractivity contribution in [1.82, 2.24) is 0 Å². The number of ether oxygens (including phenoxy) is 1. The van der Waals surface area contributed by atoms with Gasteiger partial charge in [0.2, 0.25) is 0 Å². The van der Waals surface area contributed by atoms with Crippen LogP contribution in [0.1, 0.15) is 22.6 Å². The predicted octanol–water partition coefficient (Wildman–Crippen LogP) is 5.07. The number of benzene rings is 3. The molecule has 0 fully saturated rings. The molecule has 3 aromatic rings. The van der Waals surface area contributed by atoms with Gasteiger partial charge < -0.3 is 4.74 Å². The molecule has 0 aliphatic rings. The van der Waals surface area contributed by atoms with Gasteiger partial charge in [0.05, 0.1) is 7.11 Å². The van der Waals surface area contributed by atoms with Crippen LogP contribution >= 0.6 is 0 Å². The summed E-state index contributed by atoms with van der Waals surface area (Å²) in [7, 11) is 1.70. The molecule has 1 nitrogen and oxygen atoms in total. The molecule has 0 N–H and O–H groups in total. The molecule has 0 aliphatic carbocycles. The molecular formula is C21H20O. The summed E-state index contributed by atoms with van der Waals surface area (Å²) in [6.07, 6.45) is 0.997. The van der Waals surface area contributed by atoms with Crippen LogP contribution in [0.2, 0.25) is 0 Å². The Kier molecular flexibility index (Phi) is 4.55. The fourth-order valence-electron chi connectivity index (χ4n) is 2.80. The van der Waals surface area contributed by atoms with E-state index in [2.05, 4.69) is 72.8 Å². The van der Waals surface area contributed by atoms with Gasteiger partial charge in [-0.3, -0.25) is 0 Å². The van der Waals surface area contributed by atoms with Gasteiger partial charge in [-0.1, -0.05) is 72.8 Å². The minimum Gasteiger partial charge on any atom is -0.497 e. The summed E-state index contributed by atoms with van der Waals surface area (Å²) >= 11 is 0. The molecule has 0 aromatic heterocycles. The molecule has 0 aliphatic heterocycles. The summed E-state index contributed by atoms with van der Waals surface area (Å²) in [5.74, 6) is 1.25. The standard InChI is InChI=1S/C21H20O/c1-22-20-14-12-19(13-15-20)21(18-10-6-3-7-11-18)16-17-8-4-2-5-9-17/h2-15,21H,16H2,1H3/t21-/m0/s1. The SMILES string of the molecule is COc1ccc([C@@H](Cc2ccccc2)c2ccccc2)cc1. The van der Waals surface area contributed by atoms with Gasteiger partial charge in [-0.25, -0.2) is 0 Å². The summed E-state index contributed by atoms with van der Waals surface area (Å²) in [4.78, 5) is 0. The first-order valence-electron chi connectivity index (χ1n) is 7.59. The fourth-order valence-corrected chi connectivity index (χ4v) is 2.80. The Bertz CT molecular complexity index is 687. The Morgan fingerprint density at radius 1 is 0.682 bits per heavy atom. The summed E-state index contributed by atoms with van der Waals surface area (Å²) in [5.41, 5.74) is 4.01. The normalized spacial score (nSPS) is 11.9. The molecule has 0 saturated heterocycles. The maximum absolute atomic E-state index is 5.27. The van der Waals surface area contributed by atoms with Gasteiger partial charge in [0.25, 0.3) is 0 Å². The highest BCUT2D eigenvalue weighted by Crippen LogP contribution is 2.29. The smallest absolute Gasteiger partial charge is 0.118 e. The molecule has 0 saturated carbocycles. The van der Waals surface area contributed by atoms with E-state index >= 15 is 0 Å². The topological polar surface area (TPSA) is 9.23 Å². The number of hydrogen-bond donors (Lipinski definition) is 0. The zero-order valence-electron chi connectivity index (χ0n) is 12.8. The Morgan fingerprint density at radius 2 is 1.23 bits per heavy atom. The van der Waals surface area contributed by atoms with Gasteiger partial charge in [0.1, 0.15) is 5.75 Å². The number of hydrogen-bond acceptors (Lipinski definition) is 1. The predicted molar refractivity (Wildman–Crippen MR) is 91.4 cm³/mol. The lowest BCUT2D eigenvalue weighted by Gasteiger charge is -2.18. The van der Waals surface area contributed by atoms with E-state index in [4.69, 9.17) is 4.74 Å². The van der Waals surface area contributed by atoms with Crippen molar-refractivity contribution in [1.29, 1.82) is 0 Å². The second-order valence-electron chi connectivity index (χ2n) is 5.43. The Balaban J connectivity index is 1.95. The van der Waals surface area contributed by atoms with Crippen molar-refractivity contribution in [3.8, 4) is 5.75 Å². The molecule has 0 radical (unpaired) electrons. The van der Waals surface area contributed by atoms with Gasteiger partial charge >= 0.3 is 0 Å². The largest absolute Gasteiger partial charge is 0.497 e. The monoisotopic (exact) mass is 288 g/mol. The lowest BCUT2D eigenvalue weighted by atomic mass is 9.86. The quantitative estimate of drug-likeness (QED) is 0.637. The van der Waals surface area contributed by atoms with Crippen molar-refractivity contribution in [3.05, 3.63) is 102 Å². The van der Waals surface area contributed by atoms with Crippen LogP contribution in [0.15, 0.2) is 84.9 Å². The van der Waals surface area contributed by atoms with Crippen LogP contribution in [0, 0.1) is 0 Å². The van der Waals surface area contributed by atoms with Crippen molar-refractivity contribution in [2.75, 3.05) is 7.11 Å². The van der Waals surface area contributed by atoms with Crippen LogP contribution in [-0.2, 0) is 6.42 Å². The van der Waals surface area contributed by atoms with Gasteiger partial charge in [0, 0.05) is 5.92 Å². The molecule has 1 heteroatoms. The maximum Gasteiger partial charge on any atom is 0.118 e. The first-order valence-corrected chi connectivity index (χ1v) is 7.59. The first-order chi connectivity index (χ1) is 10.9. The van der Waals surface area contributed by atoms with Crippen molar-refractivity contribution < 1.29 is 4.74 Å². The highest BCUT2D eigenvalue weighted by molar-refractivity contribution is 5.37. The summed E-state index contributed by atoms with van der Waals surface area (Å²) in [6, 6.07) is 29.8. The van der Waals surface area contributed by atoms with Crippen LogP contribution in [0.25, 0.3) is 0 Å². The van der Waals surface area contributed by atoms with E-state index in [0.717, 1.165) is 12.2 Å². The molecule has 22 heavy (non-hydrogen) atoms. The molecule has 1 atom stereocenters. The van der Waals surface area contributed by atoms with E-state index in [9.17, 15) is 0 Å². The van der Waals surface area contributed by atoms with Crippen molar-refractivity contribution in [2.24, 2.45) is 0 Å². The van der Waals surface area contributed by atoms with Crippen molar-refractivity contribution in [3.63, 3.8) is 0 Å². The zero-order valence-corrected chi connectivity index (χ0v) is 12.8. The van der Waals surface area contributed by atoms with E-state index in [-0.39, 0.29) is 0 Å². The van der Waals surface area contributed by atoms with Crippen molar-refractivity contribution >= 4 is 0 Å². The highest BCUT2D eigenvalue weighted by Gasteiger charge is 2.14. The van der Waals surface area contributed by atoms with Gasteiger partial charge in [-0.2, -0.15) is 0 Å². The second-order valence-corrected chi connectivity index (χ2v) is 5.43. The van der Waals surface area contributed by atoms with Crippen LogP contribution in [0.5, 0.6) is 5.75 Å². The second kappa shape index (κ2) is 6.95. The molecule has 0 unspecified atom stereocenters. The maximum atomic E-state index is 5.27. The Morgan fingerprint density at radius 3 is 1.82 bits per heavy atom. The van der Waals surface area contributed by atoms with Gasteiger partial charge in [-0.05, 0) is 35.2 Å². The van der Waals surface area contributed by atoms with Crippen LogP contribution in [0.3, 0.4) is 0 Å². The van der Waals surface area contributed by atoms with E-state index in [1.165, 1.54) is 16.7 Å². The van der Waals surface area contributed by atoms with Crippen LogP contribution in [-0.4, -0.2) is 7.11 Å². The lowest BCUT2D eigenvalue weighted by molar-refractivity contribution is 0.414. The third kappa shape index (κ3) is 3.37. The average molecular weight is 288 g/mol. The highest BCUT2D eigenvalue weighted by atomic mass is 16.5. The Hall–Kier alpha value is -2.54. The fraction of sp³-hybridized carbons (Fsp3) is 0.143. The molecule has 0 spiro atoms. The van der Waals surface area contributed by atoms with Crippen molar-refractivity contribution in [2.45, 2.75) is 12.3 Å². The van der Waals surface area contributed by atoms with E-state index < -0.39 is 0 Å². The van der Waals surface area contributed by atoms with E-state index in [0.29, 0.717) is 5.92 Å². The molecule has 0 amide bonds. The third-order valence-electron chi connectivity index (χ3n) is 4.00. The van der Waals surface area contributed by atoms with Crippen LogP contribution in [0.4, 0.5) is 0 Å². The molecule has 110 valence electrons. The number of methoxy groups -OCH3 is 1. The summed E-state index contributed by atoms with van der Waals surface area (Å²) < 4.78 is 5.27. The average Bonchev–Trinajstić information content (AvgIpc) is 2.61. The minimum absolute atomic E-state index is 0.356. The van der Waals surface area contributed by atoms with Gasteiger partial charge in [0.15, 0.2) is 0 Å². The minimum atomic E-state index is 0.356. The summed E-state index contributed by atoms with van der Waals surface area (Å²) in [6.45, 7) is 0. The van der Waals surface area contributed by atoms with Crippen LogP contribution < -0.4 is 4.74 Å². The Labute approximate surface area is 132 Å². The van der Waals surface area contributed by atoms with E-state index in [1.807, 2.05) is 12.1 Å². The van der Waals surface area contributed by atoms with Gasteiger partial charge in [-0.15, -0.1) is 0 Å². The first kappa shape index (κ1) is 14.4. The third-order valence-corrected chi connectivity index (χ3v) is 4.00. The molecule has 3 rings (SSSR count). The molecule has 0 heterocycles. The molecular weight excluding hydrogens is 268 g/mol. The zero-order chi connectivity index (χ0) is 15.2. The number of rotatable bonds is 5. The molecule has 3 aromatic carbocycles. The lowest BCUT2D eigenvalue weighted by Crippen LogP contribution is -2.05. The van der Waals surface area contributed by atoms with E-state index in [1.54, 1.807) is 7.11 Å².